The predicted molar refractivity (Wildman–Crippen MR) is 146 cm³/mol. The summed E-state index contributed by atoms with van der Waals surface area (Å²) in [7, 11) is 0. The molecule has 3 aliphatic rings. The van der Waals surface area contributed by atoms with Crippen LogP contribution in [0.4, 0.5) is 17.1 Å². The Bertz CT molecular complexity index is 1380. The molecule has 6 nitrogen and oxygen atoms in total. The number of amides is 3. The standard InChI is InChI=1S/C30H29N3O3S/c1-19-10-13-22(14-11-19)32-18-20(16-28(32)34)29(35)31-21-12-15-25-27(17-21)37-26-9-5-4-8-24(26)30(36)33(25)23-6-2-3-7-23/h4-5,8-15,17,20,23H,2-3,6-7,16,18H2,1H3,(H,31,35)/t20-/m1/s1. The van der Waals surface area contributed by atoms with Gasteiger partial charge in [-0.15, -0.1) is 0 Å². The minimum absolute atomic E-state index is 0.0381. The van der Waals surface area contributed by atoms with Crippen LogP contribution < -0.4 is 15.1 Å². The maximum absolute atomic E-state index is 13.6. The highest BCUT2D eigenvalue weighted by Crippen LogP contribution is 2.45. The number of fused-ring (bicyclic) bond motifs is 2. The minimum atomic E-state index is -0.419. The normalized spacial score (nSPS) is 19.5. The monoisotopic (exact) mass is 511 g/mol. The average Bonchev–Trinajstić information content (AvgIpc) is 3.54. The van der Waals surface area contributed by atoms with Crippen molar-refractivity contribution in [2.24, 2.45) is 5.92 Å². The topological polar surface area (TPSA) is 69.7 Å². The lowest BCUT2D eigenvalue weighted by molar-refractivity contribution is -0.122. The molecule has 2 aliphatic heterocycles. The molecule has 3 aromatic carbocycles. The Kier molecular flexibility index (Phi) is 6.24. The Morgan fingerprint density at radius 3 is 2.49 bits per heavy atom. The van der Waals surface area contributed by atoms with Gasteiger partial charge in [-0.05, 0) is 62.2 Å². The van der Waals surface area contributed by atoms with Gasteiger partial charge in [-0.1, -0.05) is 54.4 Å². The second kappa shape index (κ2) is 9.71. The third-order valence-electron chi connectivity index (χ3n) is 7.57. The molecule has 2 fully saturated rings. The summed E-state index contributed by atoms with van der Waals surface area (Å²) >= 11 is 1.57. The zero-order valence-electron chi connectivity index (χ0n) is 20.8. The molecule has 7 heteroatoms. The van der Waals surface area contributed by atoms with Crippen LogP contribution >= 0.6 is 11.8 Å². The summed E-state index contributed by atoms with van der Waals surface area (Å²) in [5, 5.41) is 3.04. The smallest absolute Gasteiger partial charge is 0.259 e. The third kappa shape index (κ3) is 4.53. The number of carbonyl (C=O) groups is 3. The number of anilines is 3. The van der Waals surface area contributed by atoms with Crippen molar-refractivity contribution in [2.45, 2.75) is 54.9 Å². The number of hydrogen-bond donors (Lipinski definition) is 1. The van der Waals surface area contributed by atoms with Crippen molar-refractivity contribution in [3.63, 3.8) is 0 Å². The molecule has 1 atom stereocenters. The van der Waals surface area contributed by atoms with Crippen molar-refractivity contribution >= 4 is 46.5 Å². The minimum Gasteiger partial charge on any atom is -0.326 e. The third-order valence-corrected chi connectivity index (χ3v) is 8.70. The van der Waals surface area contributed by atoms with Gasteiger partial charge in [0.25, 0.3) is 5.91 Å². The fraction of sp³-hybridized carbons (Fsp3) is 0.300. The first-order chi connectivity index (χ1) is 18.0. The van der Waals surface area contributed by atoms with Gasteiger partial charge in [-0.2, -0.15) is 0 Å². The summed E-state index contributed by atoms with van der Waals surface area (Å²) in [6.07, 6.45) is 4.46. The van der Waals surface area contributed by atoms with Crippen LogP contribution in [0.5, 0.6) is 0 Å². The highest BCUT2D eigenvalue weighted by atomic mass is 32.2. The van der Waals surface area contributed by atoms with Crippen molar-refractivity contribution in [1.29, 1.82) is 0 Å². The fourth-order valence-corrected chi connectivity index (χ4v) is 6.70. The summed E-state index contributed by atoms with van der Waals surface area (Å²) < 4.78 is 0. The molecule has 1 saturated heterocycles. The van der Waals surface area contributed by atoms with E-state index in [-0.39, 0.29) is 30.2 Å². The average molecular weight is 512 g/mol. The molecular formula is C30H29N3O3S. The van der Waals surface area contributed by atoms with Crippen molar-refractivity contribution in [2.75, 3.05) is 21.7 Å². The second-order valence-corrected chi connectivity index (χ2v) is 11.2. The highest BCUT2D eigenvalue weighted by Gasteiger charge is 2.36. The zero-order chi connectivity index (χ0) is 25.5. The lowest BCUT2D eigenvalue weighted by Crippen LogP contribution is -2.39. The van der Waals surface area contributed by atoms with Crippen LogP contribution in [0.2, 0.25) is 0 Å². The first-order valence-electron chi connectivity index (χ1n) is 12.9. The molecule has 0 unspecified atom stereocenters. The van der Waals surface area contributed by atoms with E-state index in [0.29, 0.717) is 12.2 Å². The molecule has 6 rings (SSSR count). The first-order valence-corrected chi connectivity index (χ1v) is 13.7. The van der Waals surface area contributed by atoms with Crippen molar-refractivity contribution in [1.82, 2.24) is 0 Å². The Balaban J connectivity index is 1.25. The van der Waals surface area contributed by atoms with E-state index >= 15 is 0 Å². The van der Waals surface area contributed by atoms with Gasteiger partial charge >= 0.3 is 0 Å². The molecule has 1 saturated carbocycles. The number of benzene rings is 3. The van der Waals surface area contributed by atoms with Crippen LogP contribution in [0, 0.1) is 12.8 Å². The maximum Gasteiger partial charge on any atom is 0.259 e. The molecule has 0 radical (unpaired) electrons. The van der Waals surface area contributed by atoms with Crippen LogP contribution in [0.1, 0.15) is 48.0 Å². The van der Waals surface area contributed by atoms with E-state index in [1.165, 1.54) is 0 Å². The summed E-state index contributed by atoms with van der Waals surface area (Å²) in [4.78, 5) is 45.0. The number of nitrogens with zero attached hydrogens (tertiary/aromatic N) is 2. The molecule has 3 aromatic rings. The van der Waals surface area contributed by atoms with Gasteiger partial charge in [0.1, 0.15) is 0 Å². The number of nitrogens with one attached hydrogen (secondary N) is 1. The van der Waals surface area contributed by atoms with E-state index in [9.17, 15) is 14.4 Å². The summed E-state index contributed by atoms with van der Waals surface area (Å²) in [6, 6.07) is 21.5. The van der Waals surface area contributed by atoms with Crippen molar-refractivity contribution < 1.29 is 14.4 Å². The van der Waals surface area contributed by atoms with E-state index < -0.39 is 5.92 Å². The molecule has 1 aliphatic carbocycles. The summed E-state index contributed by atoms with van der Waals surface area (Å²) in [5.41, 5.74) is 4.25. The number of aryl methyl sites for hydroxylation is 1. The van der Waals surface area contributed by atoms with E-state index in [1.54, 1.807) is 16.7 Å². The second-order valence-electron chi connectivity index (χ2n) is 10.1. The lowest BCUT2D eigenvalue weighted by atomic mass is 10.1. The fourth-order valence-electron chi connectivity index (χ4n) is 5.59. The molecule has 2 heterocycles. The number of carbonyl (C=O) groups excluding carboxylic acids is 3. The Morgan fingerprint density at radius 2 is 1.70 bits per heavy atom. The molecule has 1 N–H and O–H groups in total. The summed E-state index contributed by atoms with van der Waals surface area (Å²) in [5.74, 6) is -0.571. The van der Waals surface area contributed by atoms with Crippen LogP contribution in [0.15, 0.2) is 76.5 Å². The van der Waals surface area contributed by atoms with Gasteiger partial charge < -0.3 is 15.1 Å². The Hall–Kier alpha value is -3.58. The molecule has 0 aromatic heterocycles. The van der Waals surface area contributed by atoms with E-state index in [1.807, 2.05) is 78.6 Å². The SMILES string of the molecule is Cc1ccc(N2C[C@H](C(=O)Nc3ccc4c(c3)Sc3ccccc3C(=O)N4C3CCCC3)CC2=O)cc1. The highest BCUT2D eigenvalue weighted by molar-refractivity contribution is 7.99. The largest absolute Gasteiger partial charge is 0.326 e. The van der Waals surface area contributed by atoms with Gasteiger partial charge in [-0.3, -0.25) is 14.4 Å². The van der Waals surface area contributed by atoms with Gasteiger partial charge in [0.05, 0.1) is 17.2 Å². The molecule has 3 amide bonds. The quantitative estimate of drug-likeness (QED) is 0.464. The molecule has 37 heavy (non-hydrogen) atoms. The lowest BCUT2D eigenvalue weighted by Gasteiger charge is -2.29. The molecular weight excluding hydrogens is 482 g/mol. The van der Waals surface area contributed by atoms with Crippen LogP contribution in [-0.2, 0) is 9.59 Å². The first kappa shape index (κ1) is 23.8. The maximum atomic E-state index is 13.6. The van der Waals surface area contributed by atoms with Crippen LogP contribution in [0.3, 0.4) is 0 Å². The Morgan fingerprint density at radius 1 is 0.946 bits per heavy atom. The number of rotatable bonds is 4. The van der Waals surface area contributed by atoms with Gasteiger partial charge in [0, 0.05) is 40.2 Å². The van der Waals surface area contributed by atoms with Crippen LogP contribution in [0.25, 0.3) is 0 Å². The molecule has 0 bridgehead atoms. The van der Waals surface area contributed by atoms with Crippen molar-refractivity contribution in [3.8, 4) is 0 Å². The van der Waals surface area contributed by atoms with Gasteiger partial charge in [-0.25, -0.2) is 0 Å². The van der Waals surface area contributed by atoms with Crippen LogP contribution in [-0.4, -0.2) is 30.3 Å². The van der Waals surface area contributed by atoms with Gasteiger partial charge in [0.15, 0.2) is 0 Å². The van der Waals surface area contributed by atoms with Gasteiger partial charge in [0.2, 0.25) is 11.8 Å². The van der Waals surface area contributed by atoms with E-state index in [2.05, 4.69) is 5.32 Å². The molecule has 0 spiro atoms. The van der Waals surface area contributed by atoms with Crippen molar-refractivity contribution in [3.05, 3.63) is 77.9 Å². The molecule has 188 valence electrons. The predicted octanol–water partition coefficient (Wildman–Crippen LogP) is 6.04. The van der Waals surface area contributed by atoms with E-state index in [4.69, 9.17) is 0 Å². The van der Waals surface area contributed by atoms with E-state index in [0.717, 1.165) is 58.0 Å². The summed E-state index contributed by atoms with van der Waals surface area (Å²) in [6.45, 7) is 2.37. The Labute approximate surface area is 221 Å². The number of hydrogen-bond acceptors (Lipinski definition) is 4. The zero-order valence-corrected chi connectivity index (χ0v) is 21.6.